The molecule has 0 bridgehead atoms. The van der Waals surface area contributed by atoms with Gasteiger partial charge in [0, 0.05) is 6.54 Å². The molecule has 0 radical (unpaired) electrons. The summed E-state index contributed by atoms with van der Waals surface area (Å²) in [6, 6.07) is 1.58. The molecule has 0 aliphatic rings. The molecule has 0 saturated heterocycles. The first-order chi connectivity index (χ1) is 7.80. The Morgan fingerprint density at radius 2 is 2.18 bits per heavy atom. The van der Waals surface area contributed by atoms with Crippen molar-refractivity contribution in [3.8, 4) is 0 Å². The highest BCUT2D eigenvalue weighted by molar-refractivity contribution is 9.10. The van der Waals surface area contributed by atoms with Crippen LogP contribution in [0.15, 0.2) is 16.7 Å². The summed E-state index contributed by atoms with van der Waals surface area (Å²) in [5.41, 5.74) is 5.96. The highest BCUT2D eigenvalue weighted by atomic mass is 79.9. The van der Waals surface area contributed by atoms with Gasteiger partial charge in [0.1, 0.15) is 0 Å². The summed E-state index contributed by atoms with van der Waals surface area (Å²) in [4.78, 5) is 3.89. The first kappa shape index (κ1) is 14.2. The molecule has 0 aliphatic heterocycles. The Balaban J connectivity index is 2.76. The van der Waals surface area contributed by atoms with Crippen LogP contribution in [0.5, 0.6) is 0 Å². The highest BCUT2D eigenvalue weighted by Crippen LogP contribution is 2.22. The summed E-state index contributed by atoms with van der Waals surface area (Å²) >= 11 is 3.18. The van der Waals surface area contributed by atoms with Crippen LogP contribution in [0.1, 0.15) is 13.8 Å². The van der Waals surface area contributed by atoms with E-state index >= 15 is 0 Å². The monoisotopic (exact) mass is 322 g/mol. The number of nitrogens with two attached hydrogens (primary N) is 1. The third kappa shape index (κ3) is 4.88. The molecule has 0 unspecified atom stereocenters. The average Bonchev–Trinajstić information content (AvgIpc) is 2.20. The SMILES string of the molecule is CC(C)CNS(=O)(=O)Nc1ncc(N)cc1Br. The second-order valence-electron chi connectivity index (χ2n) is 3.95. The maximum absolute atomic E-state index is 11.6. The number of hydrogen-bond donors (Lipinski definition) is 3. The van der Waals surface area contributed by atoms with Crippen LogP contribution in [0.3, 0.4) is 0 Å². The predicted molar refractivity (Wildman–Crippen MR) is 71.7 cm³/mol. The Morgan fingerprint density at radius 1 is 1.53 bits per heavy atom. The Kier molecular flexibility index (Phi) is 4.72. The minimum Gasteiger partial charge on any atom is -0.397 e. The quantitative estimate of drug-likeness (QED) is 0.761. The minimum absolute atomic E-state index is 0.204. The van der Waals surface area contributed by atoms with Crippen molar-refractivity contribution < 1.29 is 8.42 Å². The normalized spacial score (nSPS) is 11.8. The van der Waals surface area contributed by atoms with Gasteiger partial charge in [-0.1, -0.05) is 13.8 Å². The first-order valence-corrected chi connectivity index (χ1v) is 7.26. The van der Waals surface area contributed by atoms with Gasteiger partial charge in [0.15, 0.2) is 5.82 Å². The lowest BCUT2D eigenvalue weighted by Crippen LogP contribution is -2.33. The lowest BCUT2D eigenvalue weighted by Gasteiger charge is -2.11. The molecule has 0 saturated carbocycles. The lowest BCUT2D eigenvalue weighted by molar-refractivity contribution is 0.564. The second kappa shape index (κ2) is 5.65. The number of pyridine rings is 1. The summed E-state index contributed by atoms with van der Waals surface area (Å²) in [5, 5.41) is 0. The number of anilines is 2. The van der Waals surface area contributed by atoms with Gasteiger partial charge in [0.2, 0.25) is 0 Å². The van der Waals surface area contributed by atoms with Crippen molar-refractivity contribution in [1.82, 2.24) is 9.71 Å². The molecule has 17 heavy (non-hydrogen) atoms. The van der Waals surface area contributed by atoms with Crippen molar-refractivity contribution in [3.63, 3.8) is 0 Å². The van der Waals surface area contributed by atoms with Gasteiger partial charge in [-0.25, -0.2) is 4.98 Å². The van der Waals surface area contributed by atoms with Gasteiger partial charge in [0.05, 0.1) is 16.4 Å². The van der Waals surface area contributed by atoms with Crippen molar-refractivity contribution in [1.29, 1.82) is 0 Å². The van der Waals surface area contributed by atoms with Crippen LogP contribution in [-0.4, -0.2) is 19.9 Å². The van der Waals surface area contributed by atoms with Crippen molar-refractivity contribution in [2.24, 2.45) is 5.92 Å². The number of nitrogens with one attached hydrogen (secondary N) is 2. The van der Waals surface area contributed by atoms with E-state index in [0.29, 0.717) is 16.7 Å². The Labute approximate surface area is 109 Å². The number of halogens is 1. The predicted octanol–water partition coefficient (Wildman–Crippen LogP) is 1.33. The van der Waals surface area contributed by atoms with Crippen molar-refractivity contribution >= 4 is 37.6 Å². The summed E-state index contributed by atoms with van der Waals surface area (Å²) in [7, 11) is -3.60. The van der Waals surface area contributed by atoms with Gasteiger partial charge in [-0.3, -0.25) is 4.72 Å². The van der Waals surface area contributed by atoms with Crippen LogP contribution in [-0.2, 0) is 10.2 Å². The van der Waals surface area contributed by atoms with Gasteiger partial charge in [0.25, 0.3) is 10.2 Å². The molecule has 0 atom stereocenters. The number of aromatic nitrogens is 1. The zero-order valence-corrected chi connectivity index (χ0v) is 12.0. The molecule has 6 nitrogen and oxygen atoms in total. The summed E-state index contributed by atoms with van der Waals surface area (Å²) in [6.45, 7) is 4.20. The number of nitrogens with zero attached hydrogens (tertiary/aromatic N) is 1. The molecule has 0 aliphatic carbocycles. The summed E-state index contributed by atoms with van der Waals surface area (Å²) in [6.07, 6.45) is 1.38. The van der Waals surface area contributed by atoms with Crippen LogP contribution in [0.2, 0.25) is 0 Å². The third-order valence-electron chi connectivity index (χ3n) is 1.77. The van der Waals surface area contributed by atoms with Gasteiger partial charge >= 0.3 is 0 Å². The molecule has 4 N–H and O–H groups in total. The molecule has 1 rings (SSSR count). The molecule has 96 valence electrons. The Bertz CT molecular complexity index is 490. The van der Waals surface area contributed by atoms with Crippen molar-refractivity contribution in [2.45, 2.75) is 13.8 Å². The molecule has 1 aromatic rings. The molecule has 8 heteroatoms. The number of rotatable bonds is 5. The van der Waals surface area contributed by atoms with Crippen LogP contribution < -0.4 is 15.2 Å². The van der Waals surface area contributed by atoms with E-state index in [1.807, 2.05) is 13.8 Å². The maximum Gasteiger partial charge on any atom is 0.300 e. The molecule has 0 aromatic carbocycles. The van der Waals surface area contributed by atoms with Crippen LogP contribution >= 0.6 is 15.9 Å². The largest absolute Gasteiger partial charge is 0.397 e. The molecule has 1 aromatic heterocycles. The fourth-order valence-electron chi connectivity index (χ4n) is 0.968. The average molecular weight is 323 g/mol. The lowest BCUT2D eigenvalue weighted by atomic mass is 10.2. The van der Waals surface area contributed by atoms with E-state index in [1.165, 1.54) is 6.20 Å². The number of nitrogen functional groups attached to an aromatic ring is 1. The van der Waals surface area contributed by atoms with E-state index in [1.54, 1.807) is 6.07 Å². The van der Waals surface area contributed by atoms with Gasteiger partial charge in [-0.2, -0.15) is 13.1 Å². The maximum atomic E-state index is 11.6. The fraction of sp³-hybridized carbons (Fsp3) is 0.444. The van der Waals surface area contributed by atoms with Crippen molar-refractivity contribution in [2.75, 3.05) is 17.0 Å². The molecule has 0 amide bonds. The van der Waals surface area contributed by atoms with E-state index in [-0.39, 0.29) is 11.7 Å². The highest BCUT2D eigenvalue weighted by Gasteiger charge is 2.13. The number of hydrogen-bond acceptors (Lipinski definition) is 4. The van der Waals surface area contributed by atoms with E-state index in [0.717, 1.165) is 0 Å². The summed E-state index contributed by atoms with van der Waals surface area (Å²) < 4.78 is 28.5. The van der Waals surface area contributed by atoms with E-state index in [4.69, 9.17) is 5.73 Å². The van der Waals surface area contributed by atoms with Gasteiger partial charge in [-0.05, 0) is 27.9 Å². The molecule has 1 heterocycles. The van der Waals surface area contributed by atoms with Gasteiger partial charge in [-0.15, -0.1) is 0 Å². The van der Waals surface area contributed by atoms with Crippen LogP contribution in [0.25, 0.3) is 0 Å². The zero-order valence-electron chi connectivity index (χ0n) is 9.57. The second-order valence-corrected chi connectivity index (χ2v) is 6.30. The van der Waals surface area contributed by atoms with Crippen LogP contribution in [0.4, 0.5) is 11.5 Å². The Morgan fingerprint density at radius 3 is 2.71 bits per heavy atom. The van der Waals surface area contributed by atoms with Crippen molar-refractivity contribution in [3.05, 3.63) is 16.7 Å². The fourth-order valence-corrected chi connectivity index (χ4v) is 2.61. The van der Waals surface area contributed by atoms with Crippen LogP contribution in [0, 0.1) is 5.92 Å². The molecular weight excluding hydrogens is 308 g/mol. The minimum atomic E-state index is -3.60. The van der Waals surface area contributed by atoms with Gasteiger partial charge < -0.3 is 5.73 Å². The molecule has 0 fully saturated rings. The van der Waals surface area contributed by atoms with E-state index in [9.17, 15) is 8.42 Å². The molecule has 0 spiro atoms. The smallest absolute Gasteiger partial charge is 0.300 e. The first-order valence-electron chi connectivity index (χ1n) is 4.98. The Hall–Kier alpha value is -0.860. The summed E-state index contributed by atoms with van der Waals surface area (Å²) in [5.74, 6) is 0.435. The zero-order chi connectivity index (χ0) is 13.1. The topological polar surface area (TPSA) is 97.1 Å². The standard InChI is InChI=1S/C9H15BrN4O2S/c1-6(2)4-13-17(15,16)14-9-8(10)3-7(11)5-12-9/h3,5-6,13H,4,11H2,1-2H3,(H,12,14). The molecular formula is C9H15BrN4O2S. The van der Waals surface area contributed by atoms with E-state index < -0.39 is 10.2 Å². The third-order valence-corrected chi connectivity index (χ3v) is 3.39. The van der Waals surface area contributed by atoms with E-state index in [2.05, 4.69) is 30.4 Å².